The number of hydrogen-bond donors (Lipinski definition) is 1. The number of thiazole rings is 1. The first-order valence-electron chi connectivity index (χ1n) is 5.61. The summed E-state index contributed by atoms with van der Waals surface area (Å²) in [5, 5.41) is 3.65. The highest BCUT2D eigenvalue weighted by molar-refractivity contribution is 7.21. The van der Waals surface area contributed by atoms with Crippen molar-refractivity contribution in [2.24, 2.45) is 0 Å². The lowest BCUT2D eigenvalue weighted by molar-refractivity contribution is 0.632. The summed E-state index contributed by atoms with van der Waals surface area (Å²) in [5.41, 5.74) is 2.27. The van der Waals surface area contributed by atoms with E-state index in [1.807, 2.05) is 30.3 Å². The van der Waals surface area contributed by atoms with Gasteiger partial charge in [-0.25, -0.2) is 9.37 Å². The van der Waals surface area contributed by atoms with Crippen molar-refractivity contribution >= 4 is 27.2 Å². The lowest BCUT2D eigenvalue weighted by Crippen LogP contribution is -1.92. The molecule has 18 heavy (non-hydrogen) atoms. The summed E-state index contributed by atoms with van der Waals surface area (Å²) in [6, 6.07) is 13.1. The molecule has 3 rings (SSSR count). The summed E-state index contributed by atoms with van der Waals surface area (Å²) in [7, 11) is 1.70. The lowest BCUT2D eigenvalue weighted by Gasteiger charge is -2.03. The molecule has 2 nitrogen and oxygen atoms in total. The van der Waals surface area contributed by atoms with Gasteiger partial charge in [-0.3, -0.25) is 0 Å². The van der Waals surface area contributed by atoms with Gasteiger partial charge in [-0.15, -0.1) is 11.3 Å². The molecule has 1 aromatic heterocycles. The van der Waals surface area contributed by atoms with E-state index in [-0.39, 0.29) is 5.82 Å². The highest BCUT2D eigenvalue weighted by atomic mass is 32.1. The summed E-state index contributed by atoms with van der Waals surface area (Å²) in [4.78, 5) is 4.51. The smallest absolute Gasteiger partial charge is 0.146 e. The second-order valence-electron chi connectivity index (χ2n) is 3.93. The van der Waals surface area contributed by atoms with Gasteiger partial charge in [-0.05, 0) is 30.3 Å². The summed E-state index contributed by atoms with van der Waals surface area (Å²) in [6.45, 7) is 0. The zero-order valence-electron chi connectivity index (χ0n) is 9.77. The van der Waals surface area contributed by atoms with E-state index in [4.69, 9.17) is 0 Å². The van der Waals surface area contributed by atoms with Crippen LogP contribution in [0.25, 0.3) is 20.8 Å². The predicted octanol–water partition coefficient (Wildman–Crippen LogP) is 4.14. The minimum absolute atomic E-state index is 0.255. The van der Waals surface area contributed by atoms with Gasteiger partial charge in [-0.1, -0.05) is 12.1 Å². The highest BCUT2D eigenvalue weighted by Gasteiger charge is 2.08. The summed E-state index contributed by atoms with van der Waals surface area (Å²) >= 11 is 1.57. The summed E-state index contributed by atoms with van der Waals surface area (Å²) in [5.74, 6) is -0.255. The molecule has 0 aliphatic carbocycles. The fourth-order valence-corrected chi connectivity index (χ4v) is 2.81. The molecule has 2 aromatic carbocycles. The molecule has 0 aliphatic rings. The molecular formula is C14H11FN2S. The van der Waals surface area contributed by atoms with Crippen LogP contribution >= 0.6 is 11.3 Å². The van der Waals surface area contributed by atoms with Crippen molar-refractivity contribution in [2.45, 2.75) is 0 Å². The molecule has 0 saturated heterocycles. The quantitative estimate of drug-likeness (QED) is 0.746. The van der Waals surface area contributed by atoms with Crippen LogP contribution in [0.2, 0.25) is 0 Å². The number of rotatable bonds is 2. The lowest BCUT2D eigenvalue weighted by atomic mass is 10.2. The van der Waals surface area contributed by atoms with Crippen LogP contribution in [-0.4, -0.2) is 12.0 Å². The van der Waals surface area contributed by atoms with Crippen LogP contribution in [-0.2, 0) is 0 Å². The van der Waals surface area contributed by atoms with Crippen molar-refractivity contribution in [1.29, 1.82) is 0 Å². The standard InChI is InChI=1S/C14H11FN2S/c1-16-11-7-6-9(8-10(11)15)14-17-12-4-2-3-5-13(12)18-14/h2-8,16H,1H3/i1-1. The molecule has 0 bridgehead atoms. The van der Waals surface area contributed by atoms with E-state index in [9.17, 15) is 4.39 Å². The third-order valence-electron chi connectivity index (χ3n) is 2.78. The number of anilines is 1. The number of benzene rings is 2. The molecule has 0 radical (unpaired) electrons. The van der Waals surface area contributed by atoms with Crippen molar-refractivity contribution in [3.63, 3.8) is 0 Å². The number of nitrogens with zero attached hydrogens (tertiary/aromatic N) is 1. The fraction of sp³-hybridized carbons (Fsp3) is 0.0714. The summed E-state index contributed by atoms with van der Waals surface area (Å²) in [6.07, 6.45) is 0. The minimum atomic E-state index is -0.255. The van der Waals surface area contributed by atoms with E-state index in [2.05, 4.69) is 10.3 Å². The maximum atomic E-state index is 13.7. The van der Waals surface area contributed by atoms with Gasteiger partial charge in [0.15, 0.2) is 0 Å². The first-order chi connectivity index (χ1) is 8.78. The van der Waals surface area contributed by atoms with Crippen LogP contribution in [0.5, 0.6) is 0 Å². The number of aromatic nitrogens is 1. The summed E-state index contributed by atoms with van der Waals surface area (Å²) < 4.78 is 14.8. The minimum Gasteiger partial charge on any atom is -0.386 e. The van der Waals surface area contributed by atoms with Crippen LogP contribution < -0.4 is 5.32 Å². The number of nitrogens with one attached hydrogen (secondary N) is 1. The van der Waals surface area contributed by atoms with E-state index in [0.29, 0.717) is 5.69 Å². The Morgan fingerprint density at radius 1 is 1.17 bits per heavy atom. The molecule has 0 amide bonds. The molecule has 0 aliphatic heterocycles. The largest absolute Gasteiger partial charge is 0.386 e. The molecule has 3 aromatic rings. The van der Waals surface area contributed by atoms with Crippen LogP contribution in [0.1, 0.15) is 0 Å². The second kappa shape index (κ2) is 4.38. The van der Waals surface area contributed by atoms with Gasteiger partial charge in [0, 0.05) is 12.6 Å². The van der Waals surface area contributed by atoms with Gasteiger partial charge in [0.05, 0.1) is 15.9 Å². The van der Waals surface area contributed by atoms with Crippen molar-refractivity contribution in [3.05, 3.63) is 48.3 Å². The van der Waals surface area contributed by atoms with Crippen molar-refractivity contribution < 1.29 is 4.39 Å². The fourth-order valence-electron chi connectivity index (χ4n) is 1.85. The molecule has 0 saturated carbocycles. The van der Waals surface area contributed by atoms with Crippen molar-refractivity contribution in [3.8, 4) is 10.6 Å². The first kappa shape index (κ1) is 11.2. The SMILES string of the molecule is [11CH3]Nc1ccc(-c2nc3ccccc3s2)cc1F. The highest BCUT2D eigenvalue weighted by Crippen LogP contribution is 2.31. The van der Waals surface area contributed by atoms with Gasteiger partial charge < -0.3 is 5.32 Å². The molecule has 1 heterocycles. The van der Waals surface area contributed by atoms with Gasteiger partial charge in [0.1, 0.15) is 10.8 Å². The zero-order chi connectivity index (χ0) is 12.5. The van der Waals surface area contributed by atoms with E-state index >= 15 is 0 Å². The van der Waals surface area contributed by atoms with Crippen molar-refractivity contribution in [1.82, 2.24) is 4.98 Å². The Bertz CT molecular complexity index is 673. The third-order valence-corrected chi connectivity index (χ3v) is 3.86. The maximum absolute atomic E-state index is 13.7. The Balaban J connectivity index is 2.11. The number of fused-ring (bicyclic) bond motifs is 1. The predicted molar refractivity (Wildman–Crippen MR) is 74.6 cm³/mol. The van der Waals surface area contributed by atoms with Gasteiger partial charge in [0.2, 0.25) is 0 Å². The van der Waals surface area contributed by atoms with Crippen molar-refractivity contribution in [2.75, 3.05) is 12.4 Å². The Labute approximate surface area is 108 Å². The molecule has 0 spiro atoms. The van der Waals surface area contributed by atoms with E-state index < -0.39 is 0 Å². The van der Waals surface area contributed by atoms with Gasteiger partial charge in [0.25, 0.3) is 0 Å². The Kier molecular flexibility index (Phi) is 2.72. The molecular weight excluding hydrogens is 246 g/mol. The van der Waals surface area contributed by atoms with Gasteiger partial charge in [-0.2, -0.15) is 0 Å². The zero-order valence-corrected chi connectivity index (χ0v) is 10.6. The normalized spacial score (nSPS) is 10.8. The van der Waals surface area contributed by atoms with Crippen LogP contribution in [0.4, 0.5) is 10.1 Å². The molecule has 0 atom stereocenters. The molecule has 0 unspecified atom stereocenters. The number of halogens is 1. The Morgan fingerprint density at radius 3 is 2.72 bits per heavy atom. The topological polar surface area (TPSA) is 24.9 Å². The average molecular weight is 257 g/mol. The van der Waals surface area contributed by atoms with Crippen LogP contribution in [0, 0.1) is 5.82 Å². The molecule has 0 fully saturated rings. The monoisotopic (exact) mass is 257 g/mol. The molecule has 1 N–H and O–H groups in total. The van der Waals surface area contributed by atoms with E-state index in [0.717, 1.165) is 20.8 Å². The van der Waals surface area contributed by atoms with E-state index in [1.165, 1.54) is 6.07 Å². The van der Waals surface area contributed by atoms with Crippen LogP contribution in [0.15, 0.2) is 42.5 Å². The first-order valence-corrected chi connectivity index (χ1v) is 6.43. The van der Waals surface area contributed by atoms with Crippen LogP contribution in [0.3, 0.4) is 0 Å². The number of para-hydroxylation sites is 1. The van der Waals surface area contributed by atoms with Gasteiger partial charge >= 0.3 is 0 Å². The molecule has 4 heteroatoms. The maximum Gasteiger partial charge on any atom is 0.146 e. The average Bonchev–Trinajstić information content (AvgIpc) is 2.82. The Hall–Kier alpha value is -1.94. The second-order valence-corrected chi connectivity index (χ2v) is 4.96. The van der Waals surface area contributed by atoms with E-state index in [1.54, 1.807) is 24.5 Å². The molecule has 90 valence electrons. The Morgan fingerprint density at radius 2 is 2.00 bits per heavy atom. The third kappa shape index (κ3) is 1.84. The number of hydrogen-bond acceptors (Lipinski definition) is 3.